The summed E-state index contributed by atoms with van der Waals surface area (Å²) in [5, 5.41) is 10.5. The van der Waals surface area contributed by atoms with Crippen LogP contribution in [0, 0.1) is 18.7 Å². The number of hydrogen-bond acceptors (Lipinski definition) is 3. The summed E-state index contributed by atoms with van der Waals surface area (Å²) in [6, 6.07) is 11.7. The number of hydrogen-bond donors (Lipinski definition) is 2. The zero-order valence-electron chi connectivity index (χ0n) is 18.0. The van der Waals surface area contributed by atoms with Gasteiger partial charge in [0.05, 0.1) is 5.69 Å². The summed E-state index contributed by atoms with van der Waals surface area (Å²) in [5.74, 6) is -0.454. The highest BCUT2D eigenvalue weighted by atomic mass is 19.1. The van der Waals surface area contributed by atoms with Gasteiger partial charge in [0.15, 0.2) is 5.69 Å². The van der Waals surface area contributed by atoms with E-state index in [0.29, 0.717) is 17.1 Å². The van der Waals surface area contributed by atoms with Crippen LogP contribution in [-0.2, 0) is 17.6 Å². The van der Waals surface area contributed by atoms with Gasteiger partial charge in [0.1, 0.15) is 5.82 Å². The van der Waals surface area contributed by atoms with Crippen LogP contribution in [0.2, 0.25) is 0 Å². The highest BCUT2D eigenvalue weighted by Crippen LogP contribution is 2.31. The fourth-order valence-corrected chi connectivity index (χ4v) is 4.18. The molecule has 0 radical (unpaired) electrons. The van der Waals surface area contributed by atoms with E-state index in [-0.39, 0.29) is 23.5 Å². The molecular weight excluding hydrogens is 407 g/mol. The Kier molecular flexibility index (Phi) is 5.25. The molecule has 3 aromatic rings. The predicted molar refractivity (Wildman–Crippen MR) is 121 cm³/mol. The normalized spacial score (nSPS) is 15.2. The minimum Gasteiger partial charge on any atom is -0.326 e. The molecule has 1 saturated carbocycles. The molecule has 0 bridgehead atoms. The monoisotopic (exact) mass is 432 g/mol. The number of benzene rings is 2. The van der Waals surface area contributed by atoms with Gasteiger partial charge in [-0.25, -0.2) is 9.07 Å². The number of halogens is 1. The van der Waals surface area contributed by atoms with Crippen molar-refractivity contribution < 1.29 is 14.0 Å². The standard InChI is InChI=1S/C25H25FN4O2/c1-15-6-11-18(27-24(31)16-7-8-16)14-21(15)28-25(32)23-20-4-2-3-5-22(20)30(29-23)19-12-9-17(26)10-13-19/h6,9-14,16H,2-5,7-8H2,1H3,(H,27,31)(H,28,32). The molecule has 1 fully saturated rings. The van der Waals surface area contributed by atoms with Crippen LogP contribution in [0.25, 0.3) is 5.69 Å². The quantitative estimate of drug-likeness (QED) is 0.608. The lowest BCUT2D eigenvalue weighted by Crippen LogP contribution is -2.17. The Morgan fingerprint density at radius 2 is 1.78 bits per heavy atom. The lowest BCUT2D eigenvalue weighted by atomic mass is 9.95. The Labute approximate surface area is 185 Å². The van der Waals surface area contributed by atoms with Crippen molar-refractivity contribution in [2.75, 3.05) is 10.6 Å². The Balaban J connectivity index is 1.43. The van der Waals surface area contributed by atoms with Gasteiger partial charge in [-0.1, -0.05) is 6.07 Å². The number of amides is 2. The zero-order valence-corrected chi connectivity index (χ0v) is 18.0. The van der Waals surface area contributed by atoms with Crippen LogP contribution in [-0.4, -0.2) is 21.6 Å². The van der Waals surface area contributed by atoms with Crippen LogP contribution in [0.5, 0.6) is 0 Å². The molecule has 2 N–H and O–H groups in total. The van der Waals surface area contributed by atoms with Gasteiger partial charge in [-0.3, -0.25) is 9.59 Å². The summed E-state index contributed by atoms with van der Waals surface area (Å²) in [7, 11) is 0. The summed E-state index contributed by atoms with van der Waals surface area (Å²) in [5.41, 5.74) is 5.31. The molecule has 6 nitrogen and oxygen atoms in total. The second-order valence-corrected chi connectivity index (χ2v) is 8.62. The number of fused-ring (bicyclic) bond motifs is 1. The van der Waals surface area contributed by atoms with Crippen LogP contribution >= 0.6 is 0 Å². The first-order valence-electron chi connectivity index (χ1n) is 11.1. The van der Waals surface area contributed by atoms with Crippen molar-refractivity contribution in [1.29, 1.82) is 0 Å². The molecule has 2 aliphatic rings. The van der Waals surface area contributed by atoms with Gasteiger partial charge in [0.2, 0.25) is 5.91 Å². The van der Waals surface area contributed by atoms with Crippen molar-refractivity contribution in [3.63, 3.8) is 0 Å². The van der Waals surface area contributed by atoms with Gasteiger partial charge in [0, 0.05) is 28.6 Å². The van der Waals surface area contributed by atoms with Crippen LogP contribution in [0.3, 0.4) is 0 Å². The summed E-state index contributed by atoms with van der Waals surface area (Å²) >= 11 is 0. The van der Waals surface area contributed by atoms with E-state index in [9.17, 15) is 14.0 Å². The molecule has 1 aromatic heterocycles. The molecule has 0 aliphatic heterocycles. The minimum atomic E-state index is -0.308. The highest BCUT2D eigenvalue weighted by Gasteiger charge is 2.30. The van der Waals surface area contributed by atoms with E-state index in [0.717, 1.165) is 61.0 Å². The van der Waals surface area contributed by atoms with E-state index >= 15 is 0 Å². The number of rotatable bonds is 5. The molecule has 0 spiro atoms. The van der Waals surface area contributed by atoms with Crippen molar-refractivity contribution in [3.05, 3.63) is 70.8 Å². The maximum atomic E-state index is 13.4. The number of carbonyl (C=O) groups excluding carboxylic acids is 2. The van der Waals surface area contributed by atoms with Gasteiger partial charge in [-0.15, -0.1) is 0 Å². The Bertz CT molecular complexity index is 1200. The molecule has 2 aromatic carbocycles. The van der Waals surface area contributed by atoms with E-state index in [1.807, 2.05) is 19.1 Å². The number of nitrogens with one attached hydrogen (secondary N) is 2. The fraction of sp³-hybridized carbons (Fsp3) is 0.320. The number of aryl methyl sites for hydroxylation is 1. The summed E-state index contributed by atoms with van der Waals surface area (Å²) < 4.78 is 15.2. The van der Waals surface area contributed by atoms with Gasteiger partial charge in [-0.05, 0) is 87.4 Å². The zero-order chi connectivity index (χ0) is 22.2. The smallest absolute Gasteiger partial charge is 0.276 e. The molecule has 0 saturated heterocycles. The molecule has 2 amide bonds. The third-order valence-corrected chi connectivity index (χ3v) is 6.17. The van der Waals surface area contributed by atoms with Crippen molar-refractivity contribution >= 4 is 23.2 Å². The average Bonchev–Trinajstić information content (AvgIpc) is 3.57. The molecule has 7 heteroatoms. The maximum Gasteiger partial charge on any atom is 0.276 e. The molecular formula is C25H25FN4O2. The lowest BCUT2D eigenvalue weighted by Gasteiger charge is -2.14. The van der Waals surface area contributed by atoms with Crippen LogP contribution in [0.4, 0.5) is 15.8 Å². The van der Waals surface area contributed by atoms with Crippen molar-refractivity contribution in [3.8, 4) is 5.69 Å². The average molecular weight is 432 g/mol. The van der Waals surface area contributed by atoms with Crippen molar-refractivity contribution in [2.24, 2.45) is 5.92 Å². The number of carbonyl (C=O) groups is 2. The van der Waals surface area contributed by atoms with Crippen LogP contribution in [0.15, 0.2) is 42.5 Å². The predicted octanol–water partition coefficient (Wildman–Crippen LogP) is 4.80. The number of anilines is 2. The molecule has 2 aliphatic carbocycles. The molecule has 5 rings (SSSR count). The van der Waals surface area contributed by atoms with E-state index < -0.39 is 0 Å². The van der Waals surface area contributed by atoms with Crippen molar-refractivity contribution in [2.45, 2.75) is 45.4 Å². The fourth-order valence-electron chi connectivity index (χ4n) is 4.18. The lowest BCUT2D eigenvalue weighted by molar-refractivity contribution is -0.117. The third kappa shape index (κ3) is 4.02. The first-order chi connectivity index (χ1) is 15.5. The van der Waals surface area contributed by atoms with E-state index in [2.05, 4.69) is 15.7 Å². The van der Waals surface area contributed by atoms with Crippen molar-refractivity contribution in [1.82, 2.24) is 9.78 Å². The SMILES string of the molecule is Cc1ccc(NC(=O)C2CC2)cc1NC(=O)c1nn(-c2ccc(F)cc2)c2c1CCCC2. The van der Waals surface area contributed by atoms with E-state index in [1.54, 1.807) is 22.9 Å². The van der Waals surface area contributed by atoms with Crippen LogP contribution in [0.1, 0.15) is 53.0 Å². The van der Waals surface area contributed by atoms with Gasteiger partial charge in [0.25, 0.3) is 5.91 Å². The molecule has 0 unspecified atom stereocenters. The van der Waals surface area contributed by atoms with Crippen LogP contribution < -0.4 is 10.6 Å². The molecule has 32 heavy (non-hydrogen) atoms. The van der Waals surface area contributed by atoms with E-state index in [4.69, 9.17) is 0 Å². The van der Waals surface area contributed by atoms with Gasteiger partial charge in [-0.2, -0.15) is 5.10 Å². The second-order valence-electron chi connectivity index (χ2n) is 8.62. The Hall–Kier alpha value is -3.48. The Morgan fingerprint density at radius 1 is 1.03 bits per heavy atom. The number of nitrogens with zero attached hydrogens (tertiary/aromatic N) is 2. The minimum absolute atomic E-state index is 0.0261. The van der Waals surface area contributed by atoms with Gasteiger partial charge < -0.3 is 10.6 Å². The first-order valence-corrected chi connectivity index (χ1v) is 11.1. The molecule has 1 heterocycles. The van der Waals surface area contributed by atoms with Gasteiger partial charge >= 0.3 is 0 Å². The Morgan fingerprint density at radius 3 is 2.53 bits per heavy atom. The summed E-state index contributed by atoms with van der Waals surface area (Å²) in [4.78, 5) is 25.4. The maximum absolute atomic E-state index is 13.4. The molecule has 164 valence electrons. The first kappa shape index (κ1) is 20.4. The summed E-state index contributed by atoms with van der Waals surface area (Å²) in [6.07, 6.45) is 5.52. The highest BCUT2D eigenvalue weighted by molar-refractivity contribution is 6.05. The number of aromatic nitrogens is 2. The van der Waals surface area contributed by atoms with E-state index in [1.165, 1.54) is 12.1 Å². The topological polar surface area (TPSA) is 76.0 Å². The second kappa shape index (κ2) is 8.22. The largest absolute Gasteiger partial charge is 0.326 e. The summed E-state index contributed by atoms with van der Waals surface area (Å²) in [6.45, 7) is 1.91. The third-order valence-electron chi connectivity index (χ3n) is 6.17. The molecule has 0 atom stereocenters.